The molecule has 0 saturated carbocycles. The maximum Gasteiger partial charge on any atom is 0.262 e. The van der Waals surface area contributed by atoms with Crippen molar-refractivity contribution in [3.63, 3.8) is 0 Å². The van der Waals surface area contributed by atoms with Gasteiger partial charge in [0.1, 0.15) is 11.1 Å². The number of sulfonamides is 1. The van der Waals surface area contributed by atoms with Crippen LogP contribution in [0.5, 0.6) is 0 Å². The van der Waals surface area contributed by atoms with Crippen molar-refractivity contribution in [2.24, 2.45) is 0 Å². The first-order chi connectivity index (χ1) is 9.76. The lowest BCUT2D eigenvalue weighted by molar-refractivity contribution is 0.601. The largest absolute Gasteiger partial charge is 0.399 e. The number of rotatable bonds is 3. The highest BCUT2D eigenvalue weighted by atomic mass is 32.2. The number of nitrogens with zero attached hydrogens (tertiary/aromatic N) is 1. The maximum absolute atomic E-state index is 12.4. The van der Waals surface area contributed by atoms with Gasteiger partial charge in [0.05, 0.1) is 10.5 Å². The second-order valence-electron chi connectivity index (χ2n) is 4.72. The van der Waals surface area contributed by atoms with Crippen LogP contribution in [0, 0.1) is 32.1 Å². The Morgan fingerprint density at radius 2 is 1.95 bits per heavy atom. The van der Waals surface area contributed by atoms with Crippen molar-refractivity contribution >= 4 is 32.0 Å². The molecule has 0 aliphatic rings. The van der Waals surface area contributed by atoms with Crippen LogP contribution < -0.4 is 10.5 Å². The molecule has 0 amide bonds. The fraction of sp³-hybridized carbons (Fsp3) is 0.214. The first kappa shape index (κ1) is 15.4. The van der Waals surface area contributed by atoms with Crippen LogP contribution in [0.25, 0.3) is 0 Å². The summed E-state index contributed by atoms with van der Waals surface area (Å²) >= 11 is 1.26. The zero-order chi connectivity index (χ0) is 15.8. The summed E-state index contributed by atoms with van der Waals surface area (Å²) < 4.78 is 27.3. The van der Waals surface area contributed by atoms with E-state index in [9.17, 15) is 8.42 Å². The fourth-order valence-corrected chi connectivity index (χ4v) is 4.23. The molecule has 0 spiro atoms. The number of anilines is 2. The average Bonchev–Trinajstić information content (AvgIpc) is 2.66. The fourth-order valence-electron chi connectivity index (χ4n) is 1.83. The number of hydrogen-bond acceptors (Lipinski definition) is 5. The molecule has 110 valence electrons. The summed E-state index contributed by atoms with van der Waals surface area (Å²) in [6.45, 7) is 5.40. The van der Waals surface area contributed by atoms with Gasteiger partial charge in [-0.3, -0.25) is 4.72 Å². The van der Waals surface area contributed by atoms with Crippen molar-refractivity contribution in [2.75, 3.05) is 10.5 Å². The van der Waals surface area contributed by atoms with Crippen molar-refractivity contribution < 1.29 is 8.42 Å². The number of nitriles is 1. The van der Waals surface area contributed by atoms with E-state index in [2.05, 4.69) is 4.72 Å². The summed E-state index contributed by atoms with van der Waals surface area (Å²) in [5.41, 5.74) is 8.09. The van der Waals surface area contributed by atoms with Crippen molar-refractivity contribution in [2.45, 2.75) is 25.7 Å². The molecular weight excluding hydrogens is 306 g/mol. The molecule has 0 aliphatic carbocycles. The van der Waals surface area contributed by atoms with Gasteiger partial charge in [0.15, 0.2) is 0 Å². The lowest BCUT2D eigenvalue weighted by Crippen LogP contribution is -2.13. The van der Waals surface area contributed by atoms with Crippen LogP contribution in [0.3, 0.4) is 0 Å². The minimum Gasteiger partial charge on any atom is -0.399 e. The Hall–Kier alpha value is -2.04. The third-order valence-corrected chi connectivity index (χ3v) is 5.88. The van der Waals surface area contributed by atoms with Gasteiger partial charge >= 0.3 is 0 Å². The predicted molar refractivity (Wildman–Crippen MR) is 84.9 cm³/mol. The van der Waals surface area contributed by atoms with Gasteiger partial charge < -0.3 is 5.73 Å². The number of nitrogens with one attached hydrogen (secondary N) is 1. The van der Waals surface area contributed by atoms with E-state index in [1.54, 1.807) is 19.9 Å². The zero-order valence-electron chi connectivity index (χ0n) is 11.9. The Morgan fingerprint density at radius 3 is 2.52 bits per heavy atom. The van der Waals surface area contributed by atoms with Crippen molar-refractivity contribution in [1.29, 1.82) is 5.26 Å². The molecule has 0 atom stereocenters. The number of benzene rings is 1. The molecule has 7 heteroatoms. The number of hydrogen-bond donors (Lipinski definition) is 2. The van der Waals surface area contributed by atoms with E-state index in [4.69, 9.17) is 11.0 Å². The van der Waals surface area contributed by atoms with E-state index in [0.29, 0.717) is 21.8 Å². The van der Waals surface area contributed by atoms with Crippen molar-refractivity contribution in [3.05, 3.63) is 39.8 Å². The number of thiophene rings is 1. The minimum absolute atomic E-state index is 0.127. The molecule has 0 radical (unpaired) electrons. The summed E-state index contributed by atoms with van der Waals surface area (Å²) in [5.74, 6) is 0. The quantitative estimate of drug-likeness (QED) is 0.849. The highest BCUT2D eigenvalue weighted by Crippen LogP contribution is 2.33. The Kier molecular flexibility index (Phi) is 3.94. The lowest BCUT2D eigenvalue weighted by atomic mass is 10.2. The van der Waals surface area contributed by atoms with Gasteiger partial charge in [-0.25, -0.2) is 8.42 Å². The Labute approximate surface area is 128 Å². The van der Waals surface area contributed by atoms with Gasteiger partial charge in [0.2, 0.25) is 0 Å². The monoisotopic (exact) mass is 321 g/mol. The van der Waals surface area contributed by atoms with E-state index in [-0.39, 0.29) is 4.90 Å². The van der Waals surface area contributed by atoms with Crippen molar-refractivity contribution in [3.8, 4) is 6.07 Å². The van der Waals surface area contributed by atoms with E-state index in [1.807, 2.05) is 13.0 Å². The smallest absolute Gasteiger partial charge is 0.262 e. The highest BCUT2D eigenvalue weighted by molar-refractivity contribution is 7.93. The first-order valence-electron chi connectivity index (χ1n) is 6.15. The topological polar surface area (TPSA) is 96.0 Å². The van der Waals surface area contributed by atoms with Crippen LogP contribution in [0.1, 0.15) is 21.6 Å². The molecule has 5 nitrogen and oxygen atoms in total. The molecule has 0 aliphatic heterocycles. The second-order valence-corrected chi connectivity index (χ2v) is 7.63. The number of nitrogens with two attached hydrogens (primary N) is 1. The normalized spacial score (nSPS) is 11.1. The standard InChI is InChI=1S/C14H15N3O2S2/c1-8-6-11(4-5-13(8)16)21(18,19)17-14-12(7-15)9(2)10(3)20-14/h4-6,17H,16H2,1-3H3. The molecular formula is C14H15N3O2S2. The maximum atomic E-state index is 12.4. The van der Waals surface area contributed by atoms with E-state index >= 15 is 0 Å². The summed E-state index contributed by atoms with van der Waals surface area (Å²) in [4.78, 5) is 1.04. The first-order valence-corrected chi connectivity index (χ1v) is 8.45. The van der Waals surface area contributed by atoms with Crippen LogP contribution in [0.4, 0.5) is 10.7 Å². The third kappa shape index (κ3) is 2.86. The summed E-state index contributed by atoms with van der Waals surface area (Å²) in [6, 6.07) is 6.56. The molecule has 1 heterocycles. The summed E-state index contributed by atoms with van der Waals surface area (Å²) in [7, 11) is -3.73. The predicted octanol–water partition coefficient (Wildman–Crippen LogP) is 2.93. The number of nitrogen functional groups attached to an aromatic ring is 1. The van der Waals surface area contributed by atoms with Gasteiger partial charge in [-0.15, -0.1) is 11.3 Å². The summed E-state index contributed by atoms with van der Waals surface area (Å²) in [5, 5.41) is 9.51. The zero-order valence-corrected chi connectivity index (χ0v) is 13.5. The molecule has 3 N–H and O–H groups in total. The molecule has 1 aromatic heterocycles. The van der Waals surface area contributed by atoms with Crippen LogP contribution in [0.15, 0.2) is 23.1 Å². The van der Waals surface area contributed by atoms with Crippen LogP contribution >= 0.6 is 11.3 Å². The molecule has 2 rings (SSSR count). The Balaban J connectivity index is 2.45. The third-order valence-electron chi connectivity index (χ3n) is 3.28. The Bertz CT molecular complexity index is 846. The molecule has 1 aromatic carbocycles. The van der Waals surface area contributed by atoms with E-state index in [1.165, 1.54) is 23.5 Å². The van der Waals surface area contributed by atoms with Gasteiger partial charge in [-0.2, -0.15) is 5.26 Å². The average molecular weight is 321 g/mol. The minimum atomic E-state index is -3.73. The van der Waals surface area contributed by atoms with E-state index in [0.717, 1.165) is 10.4 Å². The molecule has 21 heavy (non-hydrogen) atoms. The SMILES string of the molecule is Cc1cc(S(=O)(=O)Nc2sc(C)c(C)c2C#N)ccc1N. The number of aryl methyl sites for hydroxylation is 2. The molecule has 0 unspecified atom stereocenters. The van der Waals surface area contributed by atoms with Gasteiger partial charge in [0.25, 0.3) is 10.0 Å². The summed E-state index contributed by atoms with van der Waals surface area (Å²) in [6.07, 6.45) is 0. The Morgan fingerprint density at radius 1 is 1.29 bits per heavy atom. The van der Waals surface area contributed by atoms with Crippen LogP contribution in [-0.4, -0.2) is 8.42 Å². The van der Waals surface area contributed by atoms with Gasteiger partial charge in [-0.1, -0.05) is 0 Å². The molecule has 0 bridgehead atoms. The molecule has 0 saturated heterocycles. The van der Waals surface area contributed by atoms with Crippen LogP contribution in [0.2, 0.25) is 0 Å². The van der Waals surface area contributed by atoms with Crippen molar-refractivity contribution in [1.82, 2.24) is 0 Å². The molecule has 0 fully saturated rings. The second kappa shape index (κ2) is 5.39. The van der Waals surface area contributed by atoms with E-state index < -0.39 is 10.0 Å². The highest BCUT2D eigenvalue weighted by Gasteiger charge is 2.20. The molecule has 2 aromatic rings. The van der Waals surface area contributed by atoms with Crippen LogP contribution in [-0.2, 0) is 10.0 Å². The van der Waals surface area contributed by atoms with Gasteiger partial charge in [0, 0.05) is 10.6 Å². The lowest BCUT2D eigenvalue weighted by Gasteiger charge is -2.08. The van der Waals surface area contributed by atoms with Gasteiger partial charge in [-0.05, 0) is 50.1 Å².